The molecule has 2 rings (SSSR count). The van der Waals surface area contributed by atoms with Gasteiger partial charge in [0.25, 0.3) is 0 Å². The van der Waals surface area contributed by atoms with Crippen molar-refractivity contribution in [2.75, 3.05) is 0 Å². The second-order valence-corrected chi connectivity index (χ2v) is 3.79. The molecule has 0 heterocycles. The lowest BCUT2D eigenvalue weighted by Gasteiger charge is -2.05. The largest absolute Gasteiger partial charge is 0.295 e. The predicted molar refractivity (Wildman–Crippen MR) is 66.6 cm³/mol. The first-order valence-corrected chi connectivity index (χ1v) is 5.33. The molecule has 0 aliphatic heterocycles. The highest BCUT2D eigenvalue weighted by Gasteiger charge is 2.07. The molecule has 0 N–H and O–H groups in total. The van der Waals surface area contributed by atoms with Crippen molar-refractivity contribution in [2.45, 2.75) is 6.92 Å². The number of hydrogen-bond acceptors (Lipinski definition) is 2. The van der Waals surface area contributed by atoms with Crippen LogP contribution in [0.5, 0.6) is 0 Å². The van der Waals surface area contributed by atoms with E-state index in [0.29, 0.717) is 11.1 Å². The SMILES string of the molecule is CC(=O)c1ccc(-c2ccccc2)c(C#N)c1. The molecule has 0 aliphatic carbocycles. The summed E-state index contributed by atoms with van der Waals surface area (Å²) in [5.74, 6) is -0.0267. The third-order valence-corrected chi connectivity index (χ3v) is 2.63. The van der Waals surface area contributed by atoms with E-state index in [0.717, 1.165) is 11.1 Å². The molecule has 2 aromatic carbocycles. The summed E-state index contributed by atoms with van der Waals surface area (Å²) in [7, 11) is 0. The van der Waals surface area contributed by atoms with Crippen LogP contribution >= 0.6 is 0 Å². The standard InChI is InChI=1S/C15H11NO/c1-11(17)13-7-8-15(14(9-13)10-16)12-5-3-2-4-6-12/h2-9H,1H3. The van der Waals surface area contributed by atoms with E-state index in [9.17, 15) is 4.79 Å². The van der Waals surface area contributed by atoms with Crippen molar-refractivity contribution in [1.29, 1.82) is 5.26 Å². The molecule has 0 spiro atoms. The molecule has 0 radical (unpaired) electrons. The summed E-state index contributed by atoms with van der Waals surface area (Å²) in [6, 6.07) is 17.0. The molecule has 0 atom stereocenters. The number of nitrogens with zero attached hydrogens (tertiary/aromatic N) is 1. The van der Waals surface area contributed by atoms with Gasteiger partial charge in [0.15, 0.2) is 5.78 Å². The molecule has 0 bridgehead atoms. The van der Waals surface area contributed by atoms with Crippen molar-refractivity contribution in [1.82, 2.24) is 0 Å². The van der Waals surface area contributed by atoms with Gasteiger partial charge in [-0.15, -0.1) is 0 Å². The molecular weight excluding hydrogens is 210 g/mol. The van der Waals surface area contributed by atoms with Crippen molar-refractivity contribution in [3.63, 3.8) is 0 Å². The quantitative estimate of drug-likeness (QED) is 0.729. The van der Waals surface area contributed by atoms with Gasteiger partial charge in [0.2, 0.25) is 0 Å². The molecule has 2 aromatic rings. The molecule has 0 aromatic heterocycles. The van der Waals surface area contributed by atoms with Gasteiger partial charge in [-0.25, -0.2) is 0 Å². The van der Waals surface area contributed by atoms with E-state index in [4.69, 9.17) is 5.26 Å². The molecule has 0 aliphatic rings. The van der Waals surface area contributed by atoms with Gasteiger partial charge < -0.3 is 0 Å². The highest BCUT2D eigenvalue weighted by Crippen LogP contribution is 2.24. The number of Topliss-reactive ketones (excluding diaryl/α,β-unsaturated/α-hetero) is 1. The summed E-state index contributed by atoms with van der Waals surface area (Å²) >= 11 is 0. The summed E-state index contributed by atoms with van der Waals surface area (Å²) in [4.78, 5) is 11.3. The monoisotopic (exact) mass is 221 g/mol. The van der Waals surface area contributed by atoms with Gasteiger partial charge in [0, 0.05) is 5.56 Å². The second-order valence-electron chi connectivity index (χ2n) is 3.79. The third kappa shape index (κ3) is 2.24. The fourth-order valence-electron chi connectivity index (χ4n) is 1.73. The first-order valence-electron chi connectivity index (χ1n) is 5.33. The molecule has 0 saturated carbocycles. The van der Waals surface area contributed by atoms with Crippen molar-refractivity contribution < 1.29 is 4.79 Å². The smallest absolute Gasteiger partial charge is 0.159 e. The molecule has 0 unspecified atom stereocenters. The Balaban J connectivity index is 2.57. The Hall–Kier alpha value is -2.40. The normalized spacial score (nSPS) is 9.65. The van der Waals surface area contributed by atoms with Gasteiger partial charge >= 0.3 is 0 Å². The maximum atomic E-state index is 11.3. The van der Waals surface area contributed by atoms with Gasteiger partial charge in [-0.1, -0.05) is 42.5 Å². The molecule has 2 nitrogen and oxygen atoms in total. The molecule has 0 saturated heterocycles. The summed E-state index contributed by atoms with van der Waals surface area (Å²) in [5.41, 5.74) is 2.95. The Kier molecular flexibility index (Phi) is 3.02. The average Bonchev–Trinajstić information content (AvgIpc) is 2.39. The van der Waals surface area contributed by atoms with Gasteiger partial charge in [-0.2, -0.15) is 5.26 Å². The third-order valence-electron chi connectivity index (χ3n) is 2.63. The molecule has 0 fully saturated rings. The fraction of sp³-hybridized carbons (Fsp3) is 0.0667. The zero-order valence-electron chi connectivity index (χ0n) is 9.47. The van der Waals surface area contributed by atoms with Crippen LogP contribution in [0.15, 0.2) is 48.5 Å². The van der Waals surface area contributed by atoms with E-state index in [2.05, 4.69) is 6.07 Å². The van der Waals surface area contributed by atoms with Crippen molar-refractivity contribution in [3.8, 4) is 17.2 Å². The second kappa shape index (κ2) is 4.63. The van der Waals surface area contributed by atoms with Crippen LogP contribution in [0.3, 0.4) is 0 Å². The molecule has 82 valence electrons. The lowest BCUT2D eigenvalue weighted by molar-refractivity contribution is 0.101. The van der Waals surface area contributed by atoms with Crippen molar-refractivity contribution in [3.05, 3.63) is 59.7 Å². The van der Waals surface area contributed by atoms with Crippen LogP contribution in [0, 0.1) is 11.3 Å². The lowest BCUT2D eigenvalue weighted by atomic mass is 9.97. The first kappa shape index (κ1) is 11.1. The van der Waals surface area contributed by atoms with Gasteiger partial charge in [0.1, 0.15) is 0 Å². The molecular formula is C15H11NO. The summed E-state index contributed by atoms with van der Waals surface area (Å²) in [6.45, 7) is 1.50. The van der Waals surface area contributed by atoms with Crippen LogP contribution in [-0.2, 0) is 0 Å². The topological polar surface area (TPSA) is 40.9 Å². The van der Waals surface area contributed by atoms with E-state index >= 15 is 0 Å². The van der Waals surface area contributed by atoms with Crippen LogP contribution in [0.4, 0.5) is 0 Å². The molecule has 2 heteroatoms. The maximum Gasteiger partial charge on any atom is 0.159 e. The van der Waals surface area contributed by atoms with Crippen LogP contribution in [0.1, 0.15) is 22.8 Å². The minimum Gasteiger partial charge on any atom is -0.295 e. The van der Waals surface area contributed by atoms with Gasteiger partial charge in [-0.3, -0.25) is 4.79 Å². The number of carbonyl (C=O) groups excluding carboxylic acids is 1. The van der Waals surface area contributed by atoms with Crippen LogP contribution in [-0.4, -0.2) is 5.78 Å². The lowest BCUT2D eigenvalue weighted by Crippen LogP contribution is -1.94. The number of benzene rings is 2. The van der Waals surface area contributed by atoms with Crippen LogP contribution in [0.25, 0.3) is 11.1 Å². The number of rotatable bonds is 2. The Morgan fingerprint density at radius 3 is 2.41 bits per heavy atom. The average molecular weight is 221 g/mol. The highest BCUT2D eigenvalue weighted by molar-refractivity contribution is 5.95. The zero-order valence-corrected chi connectivity index (χ0v) is 9.47. The zero-order chi connectivity index (χ0) is 12.3. The minimum absolute atomic E-state index is 0.0267. The summed E-state index contributed by atoms with van der Waals surface area (Å²) < 4.78 is 0. The first-order chi connectivity index (χ1) is 8.22. The van der Waals surface area contributed by atoms with Crippen molar-refractivity contribution >= 4 is 5.78 Å². The Morgan fingerprint density at radius 1 is 1.12 bits per heavy atom. The maximum absolute atomic E-state index is 11.3. The molecule has 0 amide bonds. The number of nitriles is 1. The van der Waals surface area contributed by atoms with Gasteiger partial charge in [-0.05, 0) is 24.1 Å². The highest BCUT2D eigenvalue weighted by atomic mass is 16.1. The minimum atomic E-state index is -0.0267. The summed E-state index contributed by atoms with van der Waals surface area (Å²) in [5, 5.41) is 9.12. The van der Waals surface area contributed by atoms with E-state index in [1.165, 1.54) is 6.92 Å². The van der Waals surface area contributed by atoms with E-state index in [1.54, 1.807) is 12.1 Å². The Morgan fingerprint density at radius 2 is 1.82 bits per heavy atom. The number of ketones is 1. The predicted octanol–water partition coefficient (Wildman–Crippen LogP) is 3.43. The van der Waals surface area contributed by atoms with Gasteiger partial charge in [0.05, 0.1) is 11.6 Å². The van der Waals surface area contributed by atoms with Crippen molar-refractivity contribution in [2.24, 2.45) is 0 Å². The fourth-order valence-corrected chi connectivity index (χ4v) is 1.73. The van der Waals surface area contributed by atoms with E-state index in [1.807, 2.05) is 36.4 Å². The van der Waals surface area contributed by atoms with Crippen LogP contribution < -0.4 is 0 Å². The molecule has 17 heavy (non-hydrogen) atoms. The Labute approximate surface area is 100 Å². The number of hydrogen-bond donors (Lipinski definition) is 0. The van der Waals surface area contributed by atoms with Crippen LogP contribution in [0.2, 0.25) is 0 Å². The Bertz CT molecular complexity index is 594. The van der Waals surface area contributed by atoms with E-state index in [-0.39, 0.29) is 5.78 Å². The summed E-state index contributed by atoms with van der Waals surface area (Å²) in [6.07, 6.45) is 0. The number of carbonyl (C=O) groups is 1. The van der Waals surface area contributed by atoms with E-state index < -0.39 is 0 Å².